The van der Waals surface area contributed by atoms with Crippen molar-refractivity contribution < 1.29 is 9.59 Å². The number of carbonyl (C=O) groups excluding carboxylic acids is 2. The predicted molar refractivity (Wildman–Crippen MR) is 150 cm³/mol. The lowest BCUT2D eigenvalue weighted by atomic mass is 10.0. The highest BCUT2D eigenvalue weighted by molar-refractivity contribution is 5.94. The lowest BCUT2D eigenvalue weighted by Crippen LogP contribution is -2.38. The van der Waals surface area contributed by atoms with E-state index in [4.69, 9.17) is 0 Å². The van der Waals surface area contributed by atoms with E-state index >= 15 is 0 Å². The minimum Gasteiger partial charge on any atom is -0.284 e. The zero-order chi connectivity index (χ0) is 26.5. The summed E-state index contributed by atoms with van der Waals surface area (Å²) >= 11 is 0. The van der Waals surface area contributed by atoms with E-state index in [9.17, 15) is 9.59 Å². The van der Waals surface area contributed by atoms with Gasteiger partial charge in [0.25, 0.3) is 11.8 Å². The van der Waals surface area contributed by atoms with E-state index in [2.05, 4.69) is 61.1 Å². The van der Waals surface area contributed by atoms with Gasteiger partial charge in [0.15, 0.2) is 0 Å². The first kappa shape index (κ1) is 26.1. The van der Waals surface area contributed by atoms with Crippen LogP contribution in [0.1, 0.15) is 93.6 Å². The smallest absolute Gasteiger partial charge is 0.265 e. The molecule has 5 rings (SSSR count). The molecule has 3 aromatic rings. The molecule has 198 valence electrons. The summed E-state index contributed by atoms with van der Waals surface area (Å²) in [5, 5.41) is 3.97. The molecule has 0 saturated heterocycles. The largest absolute Gasteiger partial charge is 0.284 e. The summed E-state index contributed by atoms with van der Waals surface area (Å²) in [4.78, 5) is 25.6. The Morgan fingerprint density at radius 2 is 0.947 bits per heavy atom. The van der Waals surface area contributed by atoms with E-state index in [1.807, 2.05) is 34.3 Å². The number of carbonyl (C=O) groups is 2. The molecule has 0 radical (unpaired) electrons. The van der Waals surface area contributed by atoms with Crippen molar-refractivity contribution in [1.29, 1.82) is 0 Å². The Bertz CT molecular complexity index is 1150. The highest BCUT2D eigenvalue weighted by atomic mass is 16.2. The Labute approximate surface area is 226 Å². The molecule has 2 N–H and O–H groups in total. The molecular weight excluding hydrogens is 472 g/mol. The number of hydrogen-bond donors (Lipinski definition) is 2. The van der Waals surface area contributed by atoms with Gasteiger partial charge in [0.2, 0.25) is 0 Å². The van der Waals surface area contributed by atoms with Gasteiger partial charge < -0.3 is 0 Å². The minimum atomic E-state index is -0.0697. The molecule has 0 saturated carbocycles. The quantitative estimate of drug-likeness (QED) is 0.368. The second-order valence-electron chi connectivity index (χ2n) is 10.6. The minimum absolute atomic E-state index is 0.0697. The van der Waals surface area contributed by atoms with Gasteiger partial charge in [-0.25, -0.2) is 10.0 Å². The van der Waals surface area contributed by atoms with Crippen molar-refractivity contribution in [2.75, 3.05) is 0 Å². The second kappa shape index (κ2) is 11.9. The molecule has 38 heavy (non-hydrogen) atoms. The maximum absolute atomic E-state index is 12.8. The van der Waals surface area contributed by atoms with Crippen molar-refractivity contribution in [3.05, 3.63) is 105 Å². The fraction of sp³-hybridized carbons (Fsp3) is 0.375. The van der Waals surface area contributed by atoms with Gasteiger partial charge >= 0.3 is 0 Å². The van der Waals surface area contributed by atoms with Gasteiger partial charge in [-0.05, 0) is 83.3 Å². The second-order valence-corrected chi connectivity index (χ2v) is 10.6. The first-order chi connectivity index (χ1) is 18.5. The number of unbranched alkanes of at least 4 members (excludes halogenated alkanes) is 2. The number of aryl methyl sites for hydroxylation is 2. The summed E-state index contributed by atoms with van der Waals surface area (Å²) in [5.41, 5.74) is 15.0. The fourth-order valence-electron chi connectivity index (χ4n) is 5.30. The van der Waals surface area contributed by atoms with Crippen LogP contribution >= 0.6 is 0 Å². The van der Waals surface area contributed by atoms with Gasteiger partial charge in [-0.1, -0.05) is 63.1 Å². The van der Waals surface area contributed by atoms with E-state index < -0.39 is 0 Å². The Morgan fingerprint density at radius 1 is 0.605 bits per heavy atom. The van der Waals surface area contributed by atoms with Crippen molar-refractivity contribution in [3.63, 3.8) is 0 Å². The molecule has 0 aromatic heterocycles. The maximum atomic E-state index is 12.8. The molecule has 0 spiro atoms. The van der Waals surface area contributed by atoms with E-state index in [0.29, 0.717) is 37.3 Å². The number of rotatable bonds is 10. The fourth-order valence-corrected chi connectivity index (χ4v) is 5.30. The van der Waals surface area contributed by atoms with E-state index in [1.165, 1.54) is 59.1 Å². The van der Waals surface area contributed by atoms with Gasteiger partial charge in [-0.2, -0.15) is 0 Å². The molecule has 2 aliphatic heterocycles. The molecule has 0 unspecified atom stereocenters. The predicted octanol–water partition coefficient (Wildman–Crippen LogP) is 5.69. The van der Waals surface area contributed by atoms with Crippen molar-refractivity contribution in [3.8, 4) is 0 Å². The Morgan fingerprint density at radius 3 is 1.26 bits per heavy atom. The molecule has 6 nitrogen and oxygen atoms in total. The number of nitrogens with zero attached hydrogens (tertiary/aromatic N) is 2. The van der Waals surface area contributed by atoms with E-state index in [-0.39, 0.29) is 11.8 Å². The number of nitrogens with one attached hydrogen (secondary N) is 2. The van der Waals surface area contributed by atoms with Gasteiger partial charge in [0.1, 0.15) is 0 Å². The maximum Gasteiger partial charge on any atom is 0.265 e. The highest BCUT2D eigenvalue weighted by Gasteiger charge is 2.27. The van der Waals surface area contributed by atoms with Crippen LogP contribution in [0.5, 0.6) is 0 Å². The van der Waals surface area contributed by atoms with Crippen molar-refractivity contribution >= 4 is 11.8 Å². The topological polar surface area (TPSA) is 64.7 Å². The molecule has 3 aromatic carbocycles. The number of amides is 2. The Balaban J connectivity index is 1.14. The van der Waals surface area contributed by atoms with Crippen LogP contribution in [0, 0.1) is 0 Å². The van der Waals surface area contributed by atoms with Crippen molar-refractivity contribution in [2.24, 2.45) is 0 Å². The summed E-state index contributed by atoms with van der Waals surface area (Å²) in [6.07, 6.45) is 6.77. The number of hydrogen-bond acceptors (Lipinski definition) is 4. The Hall–Kier alpha value is -3.48. The summed E-state index contributed by atoms with van der Waals surface area (Å²) in [7, 11) is 0. The Kier molecular flexibility index (Phi) is 8.20. The number of fused-ring (bicyclic) bond motifs is 2. The van der Waals surface area contributed by atoms with Crippen molar-refractivity contribution in [2.45, 2.75) is 78.6 Å². The van der Waals surface area contributed by atoms with Crippen molar-refractivity contribution in [1.82, 2.24) is 20.9 Å². The third-order valence-corrected chi connectivity index (χ3v) is 7.56. The lowest BCUT2D eigenvalue weighted by Gasteiger charge is -2.17. The molecule has 0 bridgehead atoms. The third-order valence-electron chi connectivity index (χ3n) is 7.56. The summed E-state index contributed by atoms with van der Waals surface area (Å²) < 4.78 is 0. The van der Waals surface area contributed by atoms with Crippen LogP contribution < -0.4 is 10.9 Å². The number of hydrazine groups is 2. The van der Waals surface area contributed by atoms with Crippen LogP contribution in [0.2, 0.25) is 0 Å². The van der Waals surface area contributed by atoms with E-state index in [1.54, 1.807) is 0 Å². The molecule has 2 amide bonds. The average Bonchev–Trinajstić information content (AvgIpc) is 3.51. The molecule has 2 heterocycles. The molecule has 0 aliphatic carbocycles. The zero-order valence-corrected chi connectivity index (χ0v) is 22.6. The first-order valence-corrected chi connectivity index (χ1v) is 14.0. The SMILES string of the molecule is CCCCc1ccc(C(=O)NN2Cc3cc4c(cc3C2)CN(NC(=O)c2ccc(CCCC)cc2)C4)cc1. The molecule has 0 atom stereocenters. The van der Waals surface area contributed by atoms with Crippen LogP contribution in [0.4, 0.5) is 0 Å². The van der Waals surface area contributed by atoms with E-state index in [0.717, 1.165) is 12.8 Å². The van der Waals surface area contributed by atoms with Gasteiger partial charge in [-0.3, -0.25) is 20.4 Å². The molecule has 2 aliphatic rings. The van der Waals surface area contributed by atoms with Gasteiger partial charge in [0.05, 0.1) is 0 Å². The normalized spacial score (nSPS) is 14.8. The summed E-state index contributed by atoms with van der Waals surface area (Å²) in [6.45, 7) is 7.10. The van der Waals surface area contributed by atoms with Crippen LogP contribution in [-0.4, -0.2) is 21.8 Å². The van der Waals surface area contributed by atoms with Crippen LogP contribution in [0.15, 0.2) is 60.7 Å². The molecular formula is C32H38N4O2. The highest BCUT2D eigenvalue weighted by Crippen LogP contribution is 2.30. The van der Waals surface area contributed by atoms with Gasteiger partial charge in [-0.15, -0.1) is 0 Å². The average molecular weight is 511 g/mol. The first-order valence-electron chi connectivity index (χ1n) is 14.0. The third kappa shape index (κ3) is 6.14. The molecule has 0 fully saturated rings. The van der Waals surface area contributed by atoms with Crippen LogP contribution in [-0.2, 0) is 39.0 Å². The lowest BCUT2D eigenvalue weighted by molar-refractivity contribution is 0.0779. The summed E-state index contributed by atoms with van der Waals surface area (Å²) in [6, 6.07) is 20.4. The van der Waals surface area contributed by atoms with Crippen LogP contribution in [0.25, 0.3) is 0 Å². The number of benzene rings is 3. The van der Waals surface area contributed by atoms with Gasteiger partial charge in [0, 0.05) is 37.3 Å². The monoisotopic (exact) mass is 510 g/mol. The summed E-state index contributed by atoms with van der Waals surface area (Å²) in [5.74, 6) is -0.139. The van der Waals surface area contributed by atoms with Crippen LogP contribution in [0.3, 0.4) is 0 Å². The molecule has 6 heteroatoms. The zero-order valence-electron chi connectivity index (χ0n) is 22.6. The standard InChI is InChI=1S/C32H38N4O2/c1-3-5-7-23-9-13-25(14-10-23)31(37)33-35-19-27-17-29-21-36(22-30(29)18-28(27)20-35)34-32(38)26-15-11-24(12-16-26)8-6-4-2/h9-18H,3-8,19-22H2,1-2H3,(H,33,37)(H,34,38).